The summed E-state index contributed by atoms with van der Waals surface area (Å²) in [4.78, 5) is 9.29. The van der Waals surface area contributed by atoms with Crippen molar-refractivity contribution in [2.75, 3.05) is 0 Å². The highest BCUT2D eigenvalue weighted by molar-refractivity contribution is 14.1. The zero-order valence-electron chi connectivity index (χ0n) is 12.1. The minimum atomic E-state index is -0.265. The number of aromatic nitrogens is 2. The molecule has 0 radical (unpaired) electrons. The van der Waals surface area contributed by atoms with E-state index in [1.807, 2.05) is 18.2 Å². The van der Waals surface area contributed by atoms with Gasteiger partial charge in [0.1, 0.15) is 11.0 Å². The largest absolute Gasteiger partial charge is 0.236 e. The molecule has 20 heavy (non-hydrogen) atoms. The Kier molecular flexibility index (Phi) is 4.69. The van der Waals surface area contributed by atoms with Gasteiger partial charge in [-0.25, -0.2) is 9.97 Å². The first-order valence-corrected chi connectivity index (χ1v) is 8.08. The summed E-state index contributed by atoms with van der Waals surface area (Å²) in [5.74, 6) is 1.10. The molecule has 0 fully saturated rings. The highest BCUT2D eigenvalue weighted by Crippen LogP contribution is 2.33. The van der Waals surface area contributed by atoms with Crippen molar-refractivity contribution in [3.63, 3.8) is 0 Å². The normalized spacial score (nSPS) is 11.9. The lowest BCUT2D eigenvalue weighted by atomic mass is 9.83. The maximum absolute atomic E-state index is 6.30. The van der Waals surface area contributed by atoms with Crippen LogP contribution < -0.4 is 0 Å². The van der Waals surface area contributed by atoms with Crippen molar-refractivity contribution in [2.45, 2.75) is 39.0 Å². The van der Waals surface area contributed by atoms with Gasteiger partial charge in [-0.15, -0.1) is 0 Å². The van der Waals surface area contributed by atoms with E-state index in [-0.39, 0.29) is 5.41 Å². The number of nitrogens with zero attached hydrogens (tertiary/aromatic N) is 2. The van der Waals surface area contributed by atoms with E-state index in [0.29, 0.717) is 11.1 Å². The topological polar surface area (TPSA) is 25.8 Å². The van der Waals surface area contributed by atoms with Crippen molar-refractivity contribution in [2.24, 2.45) is 0 Å². The van der Waals surface area contributed by atoms with Crippen LogP contribution >= 0.6 is 34.2 Å². The number of benzene rings is 1. The first-order valence-electron chi connectivity index (χ1n) is 6.63. The van der Waals surface area contributed by atoms with Crippen LogP contribution in [0.4, 0.5) is 0 Å². The number of hydrogen-bond acceptors (Lipinski definition) is 2. The molecule has 0 saturated heterocycles. The van der Waals surface area contributed by atoms with Crippen LogP contribution in [0.1, 0.15) is 50.7 Å². The van der Waals surface area contributed by atoms with Gasteiger partial charge in [0, 0.05) is 5.41 Å². The van der Waals surface area contributed by atoms with Crippen LogP contribution in [-0.4, -0.2) is 9.97 Å². The van der Waals surface area contributed by atoms with Crippen LogP contribution in [0, 0.1) is 3.57 Å². The Morgan fingerprint density at radius 1 is 1.10 bits per heavy atom. The summed E-state index contributed by atoms with van der Waals surface area (Å²) in [5, 5.41) is 0.545. The summed E-state index contributed by atoms with van der Waals surface area (Å²) in [6.45, 7) is 8.51. The fraction of sp³-hybridized carbons (Fsp3) is 0.375. The lowest BCUT2D eigenvalue weighted by Crippen LogP contribution is -2.24. The van der Waals surface area contributed by atoms with Crippen LogP contribution in [-0.2, 0) is 5.41 Å². The standard InChI is InChI=1S/C16H18ClIN2/c1-10(2)13-12(18)14(17)20-15(19-13)16(3,4)11-8-6-5-7-9-11/h5-10H,1-4H3. The molecule has 0 saturated carbocycles. The highest BCUT2D eigenvalue weighted by atomic mass is 127. The van der Waals surface area contributed by atoms with E-state index in [1.165, 1.54) is 5.56 Å². The van der Waals surface area contributed by atoms with Gasteiger partial charge in [0.15, 0.2) is 0 Å². The first-order chi connectivity index (χ1) is 9.34. The SMILES string of the molecule is CC(C)c1nc(C(C)(C)c2ccccc2)nc(Cl)c1I. The summed E-state index contributed by atoms with van der Waals surface area (Å²) in [7, 11) is 0. The second-order valence-electron chi connectivity index (χ2n) is 5.68. The Morgan fingerprint density at radius 2 is 1.70 bits per heavy atom. The highest BCUT2D eigenvalue weighted by Gasteiger charge is 2.28. The summed E-state index contributed by atoms with van der Waals surface area (Å²) in [6.07, 6.45) is 0. The van der Waals surface area contributed by atoms with Crippen LogP contribution in [0.15, 0.2) is 30.3 Å². The van der Waals surface area contributed by atoms with Gasteiger partial charge in [0.2, 0.25) is 0 Å². The molecule has 1 heterocycles. The van der Waals surface area contributed by atoms with Gasteiger partial charge in [-0.05, 0) is 47.9 Å². The van der Waals surface area contributed by atoms with E-state index in [4.69, 9.17) is 16.6 Å². The van der Waals surface area contributed by atoms with Crippen molar-refractivity contribution in [1.82, 2.24) is 9.97 Å². The fourth-order valence-corrected chi connectivity index (χ4v) is 3.12. The second kappa shape index (κ2) is 5.98. The molecule has 0 aliphatic rings. The molecule has 0 bridgehead atoms. The Balaban J connectivity index is 2.58. The minimum absolute atomic E-state index is 0.265. The van der Waals surface area contributed by atoms with E-state index >= 15 is 0 Å². The van der Waals surface area contributed by atoms with Crippen molar-refractivity contribution in [3.8, 4) is 0 Å². The molecular formula is C16H18ClIN2. The number of halogens is 2. The first kappa shape index (κ1) is 15.7. The Bertz CT molecular complexity index is 609. The fourth-order valence-electron chi connectivity index (χ4n) is 2.08. The van der Waals surface area contributed by atoms with Crippen LogP contribution in [0.3, 0.4) is 0 Å². The monoisotopic (exact) mass is 400 g/mol. The van der Waals surface area contributed by atoms with Crippen molar-refractivity contribution < 1.29 is 0 Å². The third-order valence-corrected chi connectivity index (χ3v) is 5.09. The van der Waals surface area contributed by atoms with E-state index in [0.717, 1.165) is 15.1 Å². The Hall–Kier alpha value is -0.680. The van der Waals surface area contributed by atoms with E-state index in [2.05, 4.69) is 67.4 Å². The maximum Gasteiger partial charge on any atom is 0.146 e. The molecule has 0 unspecified atom stereocenters. The summed E-state index contributed by atoms with van der Waals surface area (Å²) in [6, 6.07) is 10.3. The van der Waals surface area contributed by atoms with Gasteiger partial charge >= 0.3 is 0 Å². The Labute approximate surface area is 139 Å². The summed E-state index contributed by atoms with van der Waals surface area (Å²) < 4.78 is 0.951. The molecular weight excluding hydrogens is 383 g/mol. The molecule has 0 aliphatic carbocycles. The molecule has 1 aromatic heterocycles. The molecule has 0 aliphatic heterocycles. The predicted octanol–water partition coefficient (Wildman–Crippen LogP) is 5.18. The zero-order valence-corrected chi connectivity index (χ0v) is 15.0. The molecule has 0 spiro atoms. The van der Waals surface area contributed by atoms with E-state index in [9.17, 15) is 0 Å². The molecule has 106 valence electrons. The average molecular weight is 401 g/mol. The minimum Gasteiger partial charge on any atom is -0.236 e. The average Bonchev–Trinajstić information content (AvgIpc) is 2.42. The third kappa shape index (κ3) is 2.98. The van der Waals surface area contributed by atoms with Crippen molar-refractivity contribution in [1.29, 1.82) is 0 Å². The molecule has 4 heteroatoms. The van der Waals surface area contributed by atoms with Crippen LogP contribution in [0.5, 0.6) is 0 Å². The van der Waals surface area contributed by atoms with E-state index < -0.39 is 0 Å². The van der Waals surface area contributed by atoms with Crippen LogP contribution in [0.2, 0.25) is 5.15 Å². The summed E-state index contributed by atoms with van der Waals surface area (Å²) >= 11 is 8.52. The van der Waals surface area contributed by atoms with Gasteiger partial charge in [-0.1, -0.05) is 55.8 Å². The van der Waals surface area contributed by atoms with Crippen LogP contribution in [0.25, 0.3) is 0 Å². The van der Waals surface area contributed by atoms with Gasteiger partial charge < -0.3 is 0 Å². The quantitative estimate of drug-likeness (QED) is 0.524. The lowest BCUT2D eigenvalue weighted by molar-refractivity contribution is 0.579. The third-order valence-electron chi connectivity index (χ3n) is 3.44. The molecule has 1 aromatic carbocycles. The molecule has 0 N–H and O–H groups in total. The number of rotatable bonds is 3. The van der Waals surface area contributed by atoms with Gasteiger partial charge in [-0.3, -0.25) is 0 Å². The van der Waals surface area contributed by atoms with Gasteiger partial charge in [0.05, 0.1) is 9.26 Å². The molecule has 0 amide bonds. The van der Waals surface area contributed by atoms with Gasteiger partial charge in [-0.2, -0.15) is 0 Å². The molecule has 2 aromatic rings. The molecule has 0 atom stereocenters. The Morgan fingerprint density at radius 3 is 2.25 bits per heavy atom. The molecule has 2 nitrogen and oxygen atoms in total. The smallest absolute Gasteiger partial charge is 0.146 e. The van der Waals surface area contributed by atoms with E-state index in [1.54, 1.807) is 0 Å². The lowest BCUT2D eigenvalue weighted by Gasteiger charge is -2.25. The predicted molar refractivity (Wildman–Crippen MR) is 92.4 cm³/mol. The van der Waals surface area contributed by atoms with Crippen molar-refractivity contribution >= 4 is 34.2 Å². The number of hydrogen-bond donors (Lipinski definition) is 0. The zero-order chi connectivity index (χ0) is 14.9. The van der Waals surface area contributed by atoms with Gasteiger partial charge in [0.25, 0.3) is 0 Å². The summed E-state index contributed by atoms with van der Waals surface area (Å²) in [5.41, 5.74) is 1.94. The second-order valence-corrected chi connectivity index (χ2v) is 7.12. The molecule has 2 rings (SSSR count). The van der Waals surface area contributed by atoms with Crippen molar-refractivity contribution in [3.05, 3.63) is 56.1 Å². The maximum atomic E-state index is 6.30.